The van der Waals surface area contributed by atoms with Crippen molar-refractivity contribution < 1.29 is 9.53 Å². The van der Waals surface area contributed by atoms with Gasteiger partial charge in [-0.2, -0.15) is 0 Å². The zero-order valence-electron chi connectivity index (χ0n) is 15.5. The van der Waals surface area contributed by atoms with Gasteiger partial charge in [-0.3, -0.25) is 4.79 Å². The molecule has 1 aliphatic heterocycles. The second-order valence-electron chi connectivity index (χ2n) is 6.89. The van der Waals surface area contributed by atoms with E-state index in [4.69, 9.17) is 4.74 Å². The number of methoxy groups -OCH3 is 1. The number of carbonyl (C=O) groups is 1. The number of ether oxygens (including phenoxy) is 1. The molecule has 4 heteroatoms. The highest BCUT2D eigenvalue weighted by atomic mass is 16.5. The quantitative estimate of drug-likeness (QED) is 0.789. The maximum absolute atomic E-state index is 12.6. The van der Waals surface area contributed by atoms with E-state index in [2.05, 4.69) is 22.3 Å². The van der Waals surface area contributed by atoms with Gasteiger partial charge in [0.1, 0.15) is 5.75 Å². The minimum absolute atomic E-state index is 0.0482. The number of likely N-dealkylation sites (tertiary alicyclic amines) is 1. The summed E-state index contributed by atoms with van der Waals surface area (Å²) in [6.45, 7) is 3.14. The molecule has 0 aromatic heterocycles. The van der Waals surface area contributed by atoms with E-state index in [0.29, 0.717) is 12.8 Å². The summed E-state index contributed by atoms with van der Waals surface area (Å²) in [6, 6.07) is 18.3. The molecule has 1 unspecified atom stereocenters. The number of carbonyl (C=O) groups excluding carboxylic acids is 1. The minimum Gasteiger partial charge on any atom is -0.497 e. The lowest BCUT2D eigenvalue weighted by molar-refractivity contribution is -0.121. The van der Waals surface area contributed by atoms with Crippen LogP contribution in [0.3, 0.4) is 0 Å². The first-order chi connectivity index (χ1) is 12.7. The molecular weight excluding hydrogens is 324 g/mol. The van der Waals surface area contributed by atoms with E-state index in [0.717, 1.165) is 30.9 Å². The zero-order chi connectivity index (χ0) is 18.2. The van der Waals surface area contributed by atoms with Crippen LogP contribution in [0.25, 0.3) is 0 Å². The van der Waals surface area contributed by atoms with Crippen molar-refractivity contribution in [3.05, 3.63) is 65.7 Å². The molecule has 0 spiro atoms. The van der Waals surface area contributed by atoms with E-state index in [9.17, 15) is 4.79 Å². The van der Waals surface area contributed by atoms with Crippen LogP contribution >= 0.6 is 0 Å². The third-order valence-electron chi connectivity index (χ3n) is 4.95. The van der Waals surface area contributed by atoms with Crippen LogP contribution in [0.2, 0.25) is 0 Å². The lowest BCUT2D eigenvalue weighted by Crippen LogP contribution is -2.37. The molecule has 0 bridgehead atoms. The van der Waals surface area contributed by atoms with Gasteiger partial charge < -0.3 is 15.0 Å². The van der Waals surface area contributed by atoms with Gasteiger partial charge in [0.2, 0.25) is 5.91 Å². The molecule has 1 aliphatic rings. The van der Waals surface area contributed by atoms with Crippen molar-refractivity contribution in [1.82, 2.24) is 10.2 Å². The van der Waals surface area contributed by atoms with E-state index >= 15 is 0 Å². The molecular formula is C22H28N2O2. The van der Waals surface area contributed by atoms with E-state index in [-0.39, 0.29) is 11.9 Å². The number of rotatable bonds is 8. The Hall–Kier alpha value is -2.33. The Bertz CT molecular complexity index is 696. The molecule has 26 heavy (non-hydrogen) atoms. The van der Waals surface area contributed by atoms with Crippen molar-refractivity contribution in [3.63, 3.8) is 0 Å². The second kappa shape index (κ2) is 9.39. The summed E-state index contributed by atoms with van der Waals surface area (Å²) in [4.78, 5) is 15.0. The van der Waals surface area contributed by atoms with Crippen molar-refractivity contribution in [2.24, 2.45) is 0 Å². The van der Waals surface area contributed by atoms with Crippen molar-refractivity contribution in [3.8, 4) is 5.75 Å². The molecule has 1 atom stereocenters. The van der Waals surface area contributed by atoms with Crippen LogP contribution in [0.1, 0.15) is 36.4 Å². The standard InChI is InChI=1S/C22H28N2O2/c1-26-20-11-7-8-18(16-20)12-13-22(25)23-21(17-24-14-5-6-15-24)19-9-3-2-4-10-19/h2-4,7-11,16,21H,5-6,12-15,17H2,1H3,(H,23,25). The molecule has 2 aromatic rings. The Morgan fingerprint density at radius 2 is 1.88 bits per heavy atom. The monoisotopic (exact) mass is 352 g/mol. The highest BCUT2D eigenvalue weighted by molar-refractivity contribution is 5.76. The van der Waals surface area contributed by atoms with Gasteiger partial charge in [0.15, 0.2) is 0 Å². The summed E-state index contributed by atoms with van der Waals surface area (Å²) in [5.41, 5.74) is 2.30. The van der Waals surface area contributed by atoms with Crippen LogP contribution in [0, 0.1) is 0 Å². The number of hydrogen-bond acceptors (Lipinski definition) is 3. The highest BCUT2D eigenvalue weighted by Crippen LogP contribution is 2.18. The number of aryl methyl sites for hydroxylation is 1. The number of amides is 1. The van der Waals surface area contributed by atoms with Gasteiger partial charge in [-0.1, -0.05) is 42.5 Å². The topological polar surface area (TPSA) is 41.6 Å². The van der Waals surface area contributed by atoms with Gasteiger partial charge in [-0.25, -0.2) is 0 Å². The summed E-state index contributed by atoms with van der Waals surface area (Å²) >= 11 is 0. The second-order valence-corrected chi connectivity index (χ2v) is 6.89. The van der Waals surface area contributed by atoms with Gasteiger partial charge >= 0.3 is 0 Å². The smallest absolute Gasteiger partial charge is 0.220 e. The van der Waals surface area contributed by atoms with Crippen molar-refractivity contribution >= 4 is 5.91 Å². The van der Waals surface area contributed by atoms with Crippen LogP contribution in [-0.4, -0.2) is 37.6 Å². The molecule has 1 saturated heterocycles. The summed E-state index contributed by atoms with van der Waals surface area (Å²) in [5.74, 6) is 0.931. The molecule has 4 nitrogen and oxygen atoms in total. The van der Waals surface area contributed by atoms with E-state index in [1.165, 1.54) is 18.4 Å². The van der Waals surface area contributed by atoms with Gasteiger partial charge in [-0.15, -0.1) is 0 Å². The van der Waals surface area contributed by atoms with Crippen molar-refractivity contribution in [1.29, 1.82) is 0 Å². The third kappa shape index (κ3) is 5.33. The average molecular weight is 352 g/mol. The molecule has 0 radical (unpaired) electrons. The summed E-state index contributed by atoms with van der Waals surface area (Å²) in [6.07, 6.45) is 3.71. The Labute approximate surface area is 156 Å². The highest BCUT2D eigenvalue weighted by Gasteiger charge is 2.20. The largest absolute Gasteiger partial charge is 0.497 e. The molecule has 138 valence electrons. The van der Waals surface area contributed by atoms with Gasteiger partial charge in [-0.05, 0) is 55.6 Å². The van der Waals surface area contributed by atoms with Crippen molar-refractivity contribution in [2.45, 2.75) is 31.7 Å². The summed E-state index contributed by atoms with van der Waals surface area (Å²) in [5, 5.41) is 3.25. The fraction of sp³-hybridized carbons (Fsp3) is 0.409. The maximum Gasteiger partial charge on any atom is 0.220 e. The Morgan fingerprint density at radius 3 is 2.62 bits per heavy atom. The van der Waals surface area contributed by atoms with E-state index in [1.54, 1.807) is 7.11 Å². The number of hydrogen-bond donors (Lipinski definition) is 1. The first kappa shape index (κ1) is 18.5. The summed E-state index contributed by atoms with van der Waals surface area (Å²) < 4.78 is 5.25. The fourth-order valence-electron chi connectivity index (χ4n) is 3.50. The average Bonchev–Trinajstić information content (AvgIpc) is 3.20. The van der Waals surface area contributed by atoms with Gasteiger partial charge in [0.05, 0.1) is 13.2 Å². The summed E-state index contributed by atoms with van der Waals surface area (Å²) in [7, 11) is 1.66. The molecule has 1 heterocycles. The molecule has 1 amide bonds. The third-order valence-corrected chi connectivity index (χ3v) is 4.95. The minimum atomic E-state index is 0.0482. The van der Waals surface area contributed by atoms with Crippen LogP contribution < -0.4 is 10.1 Å². The molecule has 0 aliphatic carbocycles. The molecule has 1 N–H and O–H groups in total. The lowest BCUT2D eigenvalue weighted by atomic mass is 10.1. The Balaban J connectivity index is 1.59. The Kier molecular flexibility index (Phi) is 6.67. The van der Waals surface area contributed by atoms with Crippen LogP contribution in [0.15, 0.2) is 54.6 Å². The zero-order valence-corrected chi connectivity index (χ0v) is 15.5. The predicted molar refractivity (Wildman–Crippen MR) is 104 cm³/mol. The molecule has 3 rings (SSSR count). The predicted octanol–water partition coefficient (Wildman–Crippen LogP) is 3.58. The Morgan fingerprint density at radius 1 is 1.12 bits per heavy atom. The molecule has 0 saturated carbocycles. The van der Waals surface area contributed by atoms with Crippen LogP contribution in [-0.2, 0) is 11.2 Å². The lowest BCUT2D eigenvalue weighted by Gasteiger charge is -2.25. The number of benzene rings is 2. The number of nitrogens with zero attached hydrogens (tertiary/aromatic N) is 1. The van der Waals surface area contributed by atoms with Gasteiger partial charge in [0.25, 0.3) is 0 Å². The van der Waals surface area contributed by atoms with Gasteiger partial charge in [0, 0.05) is 13.0 Å². The first-order valence-corrected chi connectivity index (χ1v) is 9.44. The molecule has 2 aromatic carbocycles. The number of nitrogens with one attached hydrogen (secondary N) is 1. The fourth-order valence-corrected chi connectivity index (χ4v) is 3.50. The molecule has 1 fully saturated rings. The van der Waals surface area contributed by atoms with Crippen LogP contribution in [0.4, 0.5) is 0 Å². The van der Waals surface area contributed by atoms with Crippen LogP contribution in [0.5, 0.6) is 5.75 Å². The van der Waals surface area contributed by atoms with Crippen molar-refractivity contribution in [2.75, 3.05) is 26.7 Å². The van der Waals surface area contributed by atoms with E-state index in [1.807, 2.05) is 42.5 Å². The SMILES string of the molecule is COc1cccc(CCC(=O)NC(CN2CCCC2)c2ccccc2)c1. The van der Waals surface area contributed by atoms with E-state index < -0.39 is 0 Å². The normalized spacial score (nSPS) is 15.6. The maximum atomic E-state index is 12.6. The first-order valence-electron chi connectivity index (χ1n) is 9.44.